The standard InChI is InChI=1S/C26H24ClN5O/c27-25-24(7-4-14-29-25)33-26(32-21-5-2-1-3-6-21)22-17-20(10-11-23(22)30-18-31-26)9-8-19-12-15-28-16-13-19/h1-7,10-11,14,17-19,28,32H,12-13,15-16H2,(H,30,31). The molecule has 1 fully saturated rings. The summed E-state index contributed by atoms with van der Waals surface area (Å²) in [5, 5.41) is 10.3. The first-order valence-electron chi connectivity index (χ1n) is 11.0. The fraction of sp³-hybridized carbons (Fsp3) is 0.231. The van der Waals surface area contributed by atoms with E-state index in [-0.39, 0.29) is 5.15 Å². The van der Waals surface area contributed by atoms with Crippen LogP contribution in [0.1, 0.15) is 24.0 Å². The number of ether oxygens (including phenoxy) is 1. The molecule has 3 aromatic rings. The number of aromatic nitrogens is 1. The summed E-state index contributed by atoms with van der Waals surface area (Å²) in [7, 11) is 0. The summed E-state index contributed by atoms with van der Waals surface area (Å²) in [6, 6.07) is 19.4. The number of aliphatic imine (C=N–C) groups is 1. The Hall–Kier alpha value is -3.53. The summed E-state index contributed by atoms with van der Waals surface area (Å²) in [5.41, 5.74) is 3.45. The van der Waals surface area contributed by atoms with Gasteiger partial charge in [-0.3, -0.25) is 0 Å². The van der Waals surface area contributed by atoms with Gasteiger partial charge in [0.15, 0.2) is 10.9 Å². The van der Waals surface area contributed by atoms with Crippen molar-refractivity contribution in [1.29, 1.82) is 0 Å². The molecule has 5 rings (SSSR count). The molecule has 3 heterocycles. The first-order chi connectivity index (χ1) is 16.2. The van der Waals surface area contributed by atoms with E-state index in [1.165, 1.54) is 0 Å². The van der Waals surface area contributed by atoms with Gasteiger partial charge >= 0.3 is 5.85 Å². The highest BCUT2D eigenvalue weighted by Crippen LogP contribution is 2.39. The third kappa shape index (κ3) is 4.80. The maximum absolute atomic E-state index is 6.45. The van der Waals surface area contributed by atoms with E-state index >= 15 is 0 Å². The van der Waals surface area contributed by atoms with Crippen molar-refractivity contribution >= 4 is 29.3 Å². The Bertz CT molecular complexity index is 1210. The lowest BCUT2D eigenvalue weighted by atomic mass is 9.97. The van der Waals surface area contributed by atoms with Crippen LogP contribution in [0.15, 0.2) is 71.9 Å². The molecule has 2 aliphatic heterocycles. The zero-order chi connectivity index (χ0) is 22.5. The van der Waals surface area contributed by atoms with Gasteiger partial charge in [0.2, 0.25) is 0 Å². The molecule has 1 unspecified atom stereocenters. The average Bonchev–Trinajstić information content (AvgIpc) is 2.86. The van der Waals surface area contributed by atoms with Gasteiger partial charge in [0, 0.05) is 23.4 Å². The Morgan fingerprint density at radius 2 is 1.91 bits per heavy atom. The molecular weight excluding hydrogens is 434 g/mol. The molecule has 0 spiro atoms. The zero-order valence-corrected chi connectivity index (χ0v) is 18.8. The van der Waals surface area contributed by atoms with E-state index in [2.05, 4.69) is 32.8 Å². The lowest BCUT2D eigenvalue weighted by molar-refractivity contribution is 0.107. The molecule has 1 aromatic heterocycles. The topological polar surface area (TPSA) is 70.6 Å². The van der Waals surface area contributed by atoms with Crippen LogP contribution in [-0.4, -0.2) is 24.4 Å². The second-order valence-electron chi connectivity index (χ2n) is 7.99. The number of benzene rings is 2. The molecule has 166 valence electrons. The fourth-order valence-corrected chi connectivity index (χ4v) is 4.13. The van der Waals surface area contributed by atoms with Crippen molar-refractivity contribution in [3.8, 4) is 17.6 Å². The number of para-hydroxylation sites is 1. The first-order valence-corrected chi connectivity index (χ1v) is 11.4. The van der Waals surface area contributed by atoms with Crippen molar-refractivity contribution in [1.82, 2.24) is 10.3 Å². The predicted octanol–water partition coefficient (Wildman–Crippen LogP) is 4.84. The molecule has 1 saturated heterocycles. The molecule has 2 aromatic carbocycles. The molecule has 0 amide bonds. The van der Waals surface area contributed by atoms with Crippen LogP contribution in [0.5, 0.6) is 5.75 Å². The number of nitrogens with zero attached hydrogens (tertiary/aromatic N) is 2. The minimum absolute atomic E-state index is 0.267. The molecule has 0 aliphatic carbocycles. The summed E-state index contributed by atoms with van der Waals surface area (Å²) < 4.78 is 6.45. The van der Waals surface area contributed by atoms with E-state index in [1.807, 2.05) is 48.5 Å². The van der Waals surface area contributed by atoms with Crippen LogP contribution < -0.4 is 20.7 Å². The van der Waals surface area contributed by atoms with Crippen molar-refractivity contribution in [3.63, 3.8) is 0 Å². The van der Waals surface area contributed by atoms with Crippen LogP contribution in [0.3, 0.4) is 0 Å². The number of nitrogens with one attached hydrogen (secondary N) is 3. The number of halogens is 1. The summed E-state index contributed by atoms with van der Waals surface area (Å²) in [6.07, 6.45) is 5.40. The summed E-state index contributed by atoms with van der Waals surface area (Å²) in [5.74, 6) is 6.40. The van der Waals surface area contributed by atoms with Gasteiger partial charge in [-0.1, -0.05) is 41.6 Å². The van der Waals surface area contributed by atoms with Gasteiger partial charge in [0.25, 0.3) is 0 Å². The van der Waals surface area contributed by atoms with Gasteiger partial charge in [-0.05, 0) is 68.4 Å². The number of hydrogen-bond donors (Lipinski definition) is 3. The normalized spacial score (nSPS) is 19.5. The number of pyridine rings is 1. The lowest BCUT2D eigenvalue weighted by Gasteiger charge is -2.36. The highest BCUT2D eigenvalue weighted by atomic mass is 35.5. The van der Waals surface area contributed by atoms with Crippen LogP contribution in [0.25, 0.3) is 0 Å². The smallest absolute Gasteiger partial charge is 0.310 e. The molecule has 3 N–H and O–H groups in total. The Morgan fingerprint density at radius 1 is 1.06 bits per heavy atom. The average molecular weight is 458 g/mol. The zero-order valence-electron chi connectivity index (χ0n) is 18.0. The van der Waals surface area contributed by atoms with Gasteiger partial charge in [-0.25, -0.2) is 9.98 Å². The van der Waals surface area contributed by atoms with E-state index in [9.17, 15) is 0 Å². The molecule has 1 atom stereocenters. The first kappa shape index (κ1) is 21.3. The van der Waals surface area contributed by atoms with Gasteiger partial charge in [0.05, 0.1) is 17.6 Å². The molecule has 0 saturated carbocycles. The van der Waals surface area contributed by atoms with Crippen LogP contribution in [0, 0.1) is 17.8 Å². The Labute approximate surface area is 198 Å². The highest BCUT2D eigenvalue weighted by Gasteiger charge is 2.39. The number of piperidine rings is 1. The second-order valence-corrected chi connectivity index (χ2v) is 8.34. The third-order valence-corrected chi connectivity index (χ3v) is 5.96. The van der Waals surface area contributed by atoms with Crippen LogP contribution in [0.4, 0.5) is 11.4 Å². The largest absolute Gasteiger partial charge is 0.441 e. The number of rotatable bonds is 4. The van der Waals surface area contributed by atoms with Gasteiger partial charge in [-0.15, -0.1) is 0 Å². The third-order valence-electron chi connectivity index (χ3n) is 5.68. The van der Waals surface area contributed by atoms with E-state index in [0.29, 0.717) is 11.7 Å². The Kier molecular flexibility index (Phi) is 6.16. The maximum atomic E-state index is 6.45. The van der Waals surface area contributed by atoms with Crippen LogP contribution >= 0.6 is 11.6 Å². The Balaban J connectivity index is 1.56. The van der Waals surface area contributed by atoms with Crippen molar-refractivity contribution < 1.29 is 4.74 Å². The highest BCUT2D eigenvalue weighted by molar-refractivity contribution is 6.30. The molecule has 33 heavy (non-hydrogen) atoms. The van der Waals surface area contributed by atoms with E-state index in [0.717, 1.165) is 48.4 Å². The number of anilines is 2. The molecular formula is C26H24ClN5O. The number of fused-ring (bicyclic) bond motifs is 1. The SMILES string of the molecule is Clc1ncccc1OC1(Nc2ccccc2)N=CNc2ccc(C#CC3CCNCC3)cc21. The van der Waals surface area contributed by atoms with Crippen LogP contribution in [0.2, 0.25) is 5.15 Å². The van der Waals surface area contributed by atoms with Crippen molar-refractivity contribution in [2.45, 2.75) is 18.7 Å². The minimum atomic E-state index is -1.25. The molecule has 0 bridgehead atoms. The summed E-state index contributed by atoms with van der Waals surface area (Å²) >= 11 is 6.34. The molecule has 6 nitrogen and oxygen atoms in total. The fourth-order valence-electron chi connectivity index (χ4n) is 3.97. The van der Waals surface area contributed by atoms with Crippen LogP contribution in [-0.2, 0) is 5.85 Å². The van der Waals surface area contributed by atoms with Crippen molar-refractivity contribution in [2.24, 2.45) is 10.9 Å². The van der Waals surface area contributed by atoms with E-state index in [4.69, 9.17) is 21.3 Å². The van der Waals surface area contributed by atoms with Gasteiger partial charge < -0.3 is 20.7 Å². The second kappa shape index (κ2) is 9.53. The molecule has 0 radical (unpaired) electrons. The Morgan fingerprint density at radius 3 is 2.73 bits per heavy atom. The maximum Gasteiger partial charge on any atom is 0.310 e. The lowest BCUT2D eigenvalue weighted by Crippen LogP contribution is -2.42. The van der Waals surface area contributed by atoms with Gasteiger partial charge in [0.1, 0.15) is 0 Å². The van der Waals surface area contributed by atoms with Crippen molar-refractivity contribution in [2.75, 3.05) is 23.7 Å². The van der Waals surface area contributed by atoms with Gasteiger partial charge in [-0.2, -0.15) is 0 Å². The summed E-state index contributed by atoms with van der Waals surface area (Å²) in [6.45, 7) is 2.04. The monoisotopic (exact) mass is 457 g/mol. The van der Waals surface area contributed by atoms with Crippen molar-refractivity contribution in [3.05, 3.63) is 83.1 Å². The molecule has 7 heteroatoms. The minimum Gasteiger partial charge on any atom is -0.441 e. The summed E-state index contributed by atoms with van der Waals surface area (Å²) in [4.78, 5) is 8.87. The number of hydrogen-bond acceptors (Lipinski definition) is 6. The van der Waals surface area contributed by atoms with E-state index < -0.39 is 5.85 Å². The van der Waals surface area contributed by atoms with E-state index in [1.54, 1.807) is 24.7 Å². The quantitative estimate of drug-likeness (QED) is 0.297. The molecule has 2 aliphatic rings. The predicted molar refractivity (Wildman–Crippen MR) is 133 cm³/mol.